The van der Waals surface area contributed by atoms with Crippen molar-refractivity contribution in [3.05, 3.63) is 46.6 Å². The molecule has 0 heterocycles. The van der Waals surface area contributed by atoms with Crippen LogP contribution >= 0.6 is 11.8 Å². The van der Waals surface area contributed by atoms with E-state index in [2.05, 4.69) is 51.2 Å². The van der Waals surface area contributed by atoms with Gasteiger partial charge in [-0.25, -0.2) is 9.59 Å². The van der Waals surface area contributed by atoms with Crippen LogP contribution in [0.25, 0.3) is 0 Å². The van der Waals surface area contributed by atoms with Crippen LogP contribution in [0, 0.1) is 0 Å². The Hall–Kier alpha value is -2.28. The van der Waals surface area contributed by atoms with E-state index in [0.29, 0.717) is 5.75 Å². The number of hydrogen-bond donors (Lipinski definition) is 3. The Bertz CT molecular complexity index is 715. The smallest absolute Gasteiger partial charge is 0.331 e. The van der Waals surface area contributed by atoms with Gasteiger partial charge in [0.05, 0.1) is 0 Å². The van der Waals surface area contributed by atoms with Gasteiger partial charge in [-0.2, -0.15) is 11.8 Å². The van der Waals surface area contributed by atoms with Gasteiger partial charge >= 0.3 is 11.9 Å². The average molecular weight is 438 g/mol. The summed E-state index contributed by atoms with van der Waals surface area (Å²) in [6.07, 6.45) is 11.6. The molecular weight excluding hydrogens is 402 g/mol. The molecule has 0 fully saturated rings. The van der Waals surface area contributed by atoms with Gasteiger partial charge in [-0.3, -0.25) is 4.79 Å². The zero-order valence-electron chi connectivity index (χ0n) is 18.7. The summed E-state index contributed by atoms with van der Waals surface area (Å²) in [6, 6.07) is -1.07. The largest absolute Gasteiger partial charge is 0.480 e. The van der Waals surface area contributed by atoms with Crippen LogP contribution in [0.1, 0.15) is 60.3 Å². The van der Waals surface area contributed by atoms with Gasteiger partial charge in [0.2, 0.25) is 5.91 Å². The molecule has 7 heteroatoms. The minimum Gasteiger partial charge on any atom is -0.480 e. The van der Waals surface area contributed by atoms with Crippen LogP contribution in [0.15, 0.2) is 46.6 Å². The third kappa shape index (κ3) is 14.7. The van der Waals surface area contributed by atoms with Crippen molar-refractivity contribution in [2.24, 2.45) is 0 Å². The number of rotatable bonds is 14. The summed E-state index contributed by atoms with van der Waals surface area (Å²) >= 11 is 1.41. The van der Waals surface area contributed by atoms with Crippen molar-refractivity contribution < 1.29 is 24.6 Å². The second-order valence-electron chi connectivity index (χ2n) is 7.53. The Morgan fingerprint density at radius 3 is 2.00 bits per heavy atom. The van der Waals surface area contributed by atoms with Crippen LogP contribution < -0.4 is 5.32 Å². The molecule has 0 aliphatic rings. The molecule has 0 rings (SSSR count). The molecule has 0 spiro atoms. The summed E-state index contributed by atoms with van der Waals surface area (Å²) in [6.45, 7) is 9.70. The molecule has 1 atom stereocenters. The molecule has 3 N–H and O–H groups in total. The van der Waals surface area contributed by atoms with Crippen LogP contribution in [0.3, 0.4) is 0 Å². The molecular formula is C23H35NO5S. The van der Waals surface area contributed by atoms with Crippen LogP contribution in [-0.4, -0.2) is 45.6 Å². The average Bonchev–Trinajstić information content (AvgIpc) is 2.63. The van der Waals surface area contributed by atoms with Crippen molar-refractivity contribution in [3.63, 3.8) is 0 Å². The van der Waals surface area contributed by atoms with Crippen molar-refractivity contribution in [3.8, 4) is 0 Å². The number of allylic oxidation sites excluding steroid dienone is 5. The van der Waals surface area contributed by atoms with Crippen LogP contribution in [0.5, 0.6) is 0 Å². The lowest BCUT2D eigenvalue weighted by atomic mass is 10.1. The zero-order valence-corrected chi connectivity index (χ0v) is 19.5. The topological polar surface area (TPSA) is 104 Å². The van der Waals surface area contributed by atoms with E-state index < -0.39 is 23.9 Å². The number of thioether (sulfide) groups is 1. The minimum absolute atomic E-state index is 0.149. The highest BCUT2D eigenvalue weighted by molar-refractivity contribution is 7.99. The van der Waals surface area contributed by atoms with E-state index in [1.165, 1.54) is 35.4 Å². The van der Waals surface area contributed by atoms with Gasteiger partial charge in [0.15, 0.2) is 0 Å². The molecule has 168 valence electrons. The predicted molar refractivity (Wildman–Crippen MR) is 124 cm³/mol. The molecule has 0 saturated carbocycles. The molecule has 30 heavy (non-hydrogen) atoms. The summed E-state index contributed by atoms with van der Waals surface area (Å²) in [5, 5.41) is 20.3. The van der Waals surface area contributed by atoms with Gasteiger partial charge in [-0.15, -0.1) is 0 Å². The first-order chi connectivity index (χ1) is 14.0. The fourth-order valence-electron chi connectivity index (χ4n) is 2.37. The summed E-state index contributed by atoms with van der Waals surface area (Å²) in [7, 11) is 0. The quantitative estimate of drug-likeness (QED) is 0.206. The molecule has 0 radical (unpaired) electrons. The molecule has 0 aliphatic heterocycles. The lowest BCUT2D eigenvalue weighted by Gasteiger charge is -2.12. The number of carboxylic acids is 2. The van der Waals surface area contributed by atoms with E-state index in [9.17, 15) is 19.5 Å². The molecule has 0 aromatic heterocycles. The van der Waals surface area contributed by atoms with Crippen molar-refractivity contribution in [2.75, 3.05) is 11.5 Å². The third-order valence-corrected chi connectivity index (χ3v) is 5.23. The maximum absolute atomic E-state index is 11.7. The van der Waals surface area contributed by atoms with E-state index >= 15 is 0 Å². The van der Waals surface area contributed by atoms with Crippen LogP contribution in [0.2, 0.25) is 0 Å². The number of amides is 1. The van der Waals surface area contributed by atoms with Gasteiger partial charge in [-0.05, 0) is 60.3 Å². The van der Waals surface area contributed by atoms with Gasteiger partial charge in [0, 0.05) is 23.2 Å². The number of aliphatic carboxylic acids is 2. The summed E-state index contributed by atoms with van der Waals surface area (Å²) in [5.74, 6) is -2.23. The second-order valence-corrected chi connectivity index (χ2v) is 8.60. The monoisotopic (exact) mass is 437 g/mol. The Morgan fingerprint density at radius 1 is 0.900 bits per heavy atom. The first kappa shape index (κ1) is 27.7. The number of carbonyl (C=O) groups is 3. The summed E-state index contributed by atoms with van der Waals surface area (Å²) in [4.78, 5) is 33.8. The van der Waals surface area contributed by atoms with Gasteiger partial charge < -0.3 is 15.5 Å². The van der Waals surface area contributed by atoms with E-state index in [1.807, 2.05) is 0 Å². The van der Waals surface area contributed by atoms with Gasteiger partial charge in [-0.1, -0.05) is 34.9 Å². The van der Waals surface area contributed by atoms with E-state index in [4.69, 9.17) is 5.11 Å². The molecule has 0 unspecified atom stereocenters. The fraction of sp³-hybridized carbons (Fsp3) is 0.522. The molecule has 0 saturated heterocycles. The highest BCUT2D eigenvalue weighted by Gasteiger charge is 2.19. The number of carboxylic acid groups (broad SMARTS) is 2. The second kappa shape index (κ2) is 15.5. The van der Waals surface area contributed by atoms with Crippen molar-refractivity contribution in [1.82, 2.24) is 5.32 Å². The van der Waals surface area contributed by atoms with E-state index in [0.717, 1.165) is 31.8 Å². The standard InChI is InChI=1S/C23H35NO5S/c1-16(2)8-6-9-17(3)10-7-11-18(4)12-13-30-15-20(23(28)29)24-21(25)14-19(5)22(26)27/h8,10,12,14,20H,6-7,9,11,13,15H2,1-5H3,(H,24,25)(H,26,27)(H,28,29)/b17-10+,18-12+,19-14+/t20-/m0/s1. The first-order valence-corrected chi connectivity index (χ1v) is 11.2. The molecule has 6 nitrogen and oxygen atoms in total. The maximum atomic E-state index is 11.7. The summed E-state index contributed by atoms with van der Waals surface area (Å²) in [5.41, 5.74) is 3.83. The predicted octanol–water partition coefficient (Wildman–Crippen LogP) is 4.74. The van der Waals surface area contributed by atoms with Gasteiger partial charge in [0.1, 0.15) is 6.04 Å². The summed E-state index contributed by atoms with van der Waals surface area (Å²) < 4.78 is 0. The van der Waals surface area contributed by atoms with Crippen LogP contribution in [0.4, 0.5) is 0 Å². The number of carbonyl (C=O) groups excluding carboxylic acids is 1. The lowest BCUT2D eigenvalue weighted by molar-refractivity contribution is -0.140. The Labute approximate surface area is 184 Å². The van der Waals surface area contributed by atoms with E-state index in [1.54, 1.807) is 0 Å². The SMILES string of the molecule is CC(C)=CCC/C(C)=C/CC/C(C)=C/CSC[C@H](NC(=O)/C=C(\C)C(=O)O)C(=O)O. The molecule has 0 aromatic rings. The van der Waals surface area contributed by atoms with Gasteiger partial charge in [0.25, 0.3) is 0 Å². The third-order valence-electron chi connectivity index (χ3n) is 4.26. The highest BCUT2D eigenvalue weighted by Crippen LogP contribution is 2.13. The van der Waals surface area contributed by atoms with Crippen molar-refractivity contribution in [2.45, 2.75) is 66.3 Å². The molecule has 1 amide bonds. The zero-order chi connectivity index (χ0) is 23.1. The van der Waals surface area contributed by atoms with Crippen LogP contribution in [-0.2, 0) is 14.4 Å². The van der Waals surface area contributed by atoms with Crippen molar-refractivity contribution >= 4 is 29.6 Å². The maximum Gasteiger partial charge on any atom is 0.331 e. The fourth-order valence-corrected chi connectivity index (χ4v) is 3.37. The Morgan fingerprint density at radius 2 is 1.47 bits per heavy atom. The molecule has 0 aromatic carbocycles. The molecule has 0 bridgehead atoms. The van der Waals surface area contributed by atoms with Crippen molar-refractivity contribution in [1.29, 1.82) is 0 Å². The Kier molecular flexibility index (Phi) is 14.4. The number of nitrogens with one attached hydrogen (secondary N) is 1. The minimum atomic E-state index is -1.22. The molecule has 0 aliphatic carbocycles. The lowest BCUT2D eigenvalue weighted by Crippen LogP contribution is -2.42. The van der Waals surface area contributed by atoms with E-state index in [-0.39, 0.29) is 11.3 Å². The normalized spacial score (nSPS) is 13.6. The highest BCUT2D eigenvalue weighted by atomic mass is 32.2. The first-order valence-electron chi connectivity index (χ1n) is 10.00. The Balaban J connectivity index is 4.36. The number of hydrogen-bond acceptors (Lipinski definition) is 4.